The van der Waals surface area contributed by atoms with Gasteiger partial charge in [0, 0.05) is 25.4 Å². The number of aliphatic carboxylic acids is 1. The number of fused-ring (bicyclic) bond motifs is 1. The summed E-state index contributed by atoms with van der Waals surface area (Å²) < 4.78 is 6.97. The molecule has 0 aliphatic heterocycles. The molecule has 8 heteroatoms. The zero-order valence-corrected chi connectivity index (χ0v) is 17.3. The number of carbonyl (C=O) groups is 1. The van der Waals surface area contributed by atoms with Gasteiger partial charge >= 0.3 is 5.97 Å². The van der Waals surface area contributed by atoms with Gasteiger partial charge in [-0.1, -0.05) is 35.6 Å². The lowest BCUT2D eigenvalue weighted by molar-refractivity contribution is -0.142. The Morgan fingerprint density at radius 1 is 1.23 bits per heavy atom. The number of ether oxygens (including phenoxy) is 1. The molecule has 0 amide bonds. The number of rotatable bonds is 9. The molecule has 4 aromatic rings. The number of hydrogen-bond donors (Lipinski definition) is 2. The number of imidazole rings is 1. The zero-order valence-electron chi connectivity index (χ0n) is 16.5. The van der Waals surface area contributed by atoms with E-state index in [2.05, 4.69) is 15.0 Å². The summed E-state index contributed by atoms with van der Waals surface area (Å²) in [6.07, 6.45) is 4.41. The minimum atomic E-state index is -0.853. The van der Waals surface area contributed by atoms with E-state index >= 15 is 0 Å². The highest BCUT2D eigenvalue weighted by Crippen LogP contribution is 2.31. The van der Waals surface area contributed by atoms with Gasteiger partial charge in [0.25, 0.3) is 5.19 Å². The van der Waals surface area contributed by atoms with Crippen molar-refractivity contribution in [2.75, 3.05) is 13.6 Å². The van der Waals surface area contributed by atoms with Crippen LogP contribution in [0.3, 0.4) is 0 Å². The second kappa shape index (κ2) is 9.06. The van der Waals surface area contributed by atoms with Crippen molar-refractivity contribution < 1.29 is 14.6 Å². The average molecular weight is 423 g/mol. The first-order chi connectivity index (χ1) is 14.6. The fourth-order valence-electron chi connectivity index (χ4n) is 3.21. The summed E-state index contributed by atoms with van der Waals surface area (Å²) >= 11 is 1.51. The van der Waals surface area contributed by atoms with Crippen LogP contribution in [0.1, 0.15) is 11.4 Å². The molecule has 0 fully saturated rings. The van der Waals surface area contributed by atoms with E-state index < -0.39 is 12.0 Å². The van der Waals surface area contributed by atoms with Crippen molar-refractivity contribution in [1.82, 2.24) is 19.9 Å². The number of benzene rings is 2. The molecule has 0 unspecified atom stereocenters. The predicted molar refractivity (Wildman–Crippen MR) is 116 cm³/mol. The molecule has 30 heavy (non-hydrogen) atoms. The third-order valence-corrected chi connectivity index (χ3v) is 5.83. The molecular weight excluding hydrogens is 400 g/mol. The first-order valence-corrected chi connectivity index (χ1v) is 10.4. The van der Waals surface area contributed by atoms with E-state index in [1.165, 1.54) is 11.3 Å². The third kappa shape index (κ3) is 4.84. The molecule has 2 aromatic carbocycles. The SMILES string of the molecule is CN(CCc1ccc(Oc2nc3ccccc3s2)cc1)[C@@H](Cc1ncc[nH]1)C(=O)O. The lowest BCUT2D eigenvalue weighted by atomic mass is 10.1. The normalized spacial score (nSPS) is 12.3. The van der Waals surface area contributed by atoms with Crippen LogP contribution in [0, 0.1) is 0 Å². The van der Waals surface area contributed by atoms with Crippen molar-refractivity contribution in [2.45, 2.75) is 18.9 Å². The molecule has 0 radical (unpaired) electrons. The van der Waals surface area contributed by atoms with E-state index in [1.54, 1.807) is 12.4 Å². The van der Waals surface area contributed by atoms with Gasteiger partial charge in [0.1, 0.15) is 17.6 Å². The molecule has 2 heterocycles. The molecule has 0 aliphatic rings. The van der Waals surface area contributed by atoms with Crippen LogP contribution in [0.4, 0.5) is 0 Å². The van der Waals surface area contributed by atoms with Crippen molar-refractivity contribution in [3.05, 3.63) is 72.3 Å². The summed E-state index contributed by atoms with van der Waals surface area (Å²) in [6, 6.07) is 15.1. The second-order valence-electron chi connectivity index (χ2n) is 7.02. The smallest absolute Gasteiger partial charge is 0.321 e. The summed E-state index contributed by atoms with van der Waals surface area (Å²) in [5.74, 6) is 0.548. The number of thiazole rings is 1. The number of likely N-dealkylation sites (N-methyl/N-ethyl adjacent to an activating group) is 1. The lowest BCUT2D eigenvalue weighted by Gasteiger charge is -2.24. The molecule has 154 valence electrons. The van der Waals surface area contributed by atoms with Gasteiger partial charge in [-0.05, 0) is 43.3 Å². The molecule has 1 atom stereocenters. The van der Waals surface area contributed by atoms with Gasteiger partial charge in [-0.15, -0.1) is 0 Å². The minimum Gasteiger partial charge on any atom is -0.480 e. The van der Waals surface area contributed by atoms with Crippen LogP contribution in [-0.4, -0.2) is 50.6 Å². The van der Waals surface area contributed by atoms with Crippen molar-refractivity contribution in [1.29, 1.82) is 0 Å². The molecule has 0 saturated carbocycles. The molecule has 2 aromatic heterocycles. The van der Waals surface area contributed by atoms with Gasteiger partial charge in [0.05, 0.1) is 10.2 Å². The summed E-state index contributed by atoms with van der Waals surface area (Å²) in [6.45, 7) is 0.621. The number of aromatic nitrogens is 3. The maximum absolute atomic E-state index is 11.7. The second-order valence-corrected chi connectivity index (χ2v) is 8.01. The van der Waals surface area contributed by atoms with Crippen LogP contribution in [0.2, 0.25) is 0 Å². The molecule has 0 spiro atoms. The molecule has 7 nitrogen and oxygen atoms in total. The number of carboxylic acid groups (broad SMARTS) is 1. The number of aromatic amines is 1. The fraction of sp³-hybridized carbons (Fsp3) is 0.227. The first-order valence-electron chi connectivity index (χ1n) is 9.62. The van der Waals surface area contributed by atoms with Gasteiger partial charge in [-0.3, -0.25) is 9.69 Å². The van der Waals surface area contributed by atoms with Crippen molar-refractivity contribution >= 4 is 27.5 Å². The minimum absolute atomic E-state index is 0.341. The number of H-pyrrole nitrogens is 1. The van der Waals surface area contributed by atoms with Crippen LogP contribution in [0.5, 0.6) is 10.9 Å². The number of nitrogens with zero attached hydrogens (tertiary/aromatic N) is 3. The maximum Gasteiger partial charge on any atom is 0.321 e. The van der Waals surface area contributed by atoms with E-state index in [-0.39, 0.29) is 0 Å². The Hall–Kier alpha value is -3.23. The highest BCUT2D eigenvalue weighted by molar-refractivity contribution is 7.20. The van der Waals surface area contributed by atoms with E-state index in [1.807, 2.05) is 60.5 Å². The summed E-state index contributed by atoms with van der Waals surface area (Å²) in [5.41, 5.74) is 2.04. The largest absolute Gasteiger partial charge is 0.480 e. The highest BCUT2D eigenvalue weighted by atomic mass is 32.1. The Labute approximate surface area is 178 Å². The van der Waals surface area contributed by atoms with Crippen molar-refractivity contribution in [3.63, 3.8) is 0 Å². The van der Waals surface area contributed by atoms with Gasteiger partial charge in [-0.25, -0.2) is 9.97 Å². The number of hydrogen-bond acceptors (Lipinski definition) is 6. The van der Waals surface area contributed by atoms with Gasteiger partial charge in [0.15, 0.2) is 0 Å². The van der Waals surface area contributed by atoms with E-state index in [9.17, 15) is 9.90 Å². The Balaban J connectivity index is 1.34. The predicted octanol–water partition coefficient (Wildman–Crippen LogP) is 3.98. The highest BCUT2D eigenvalue weighted by Gasteiger charge is 2.23. The van der Waals surface area contributed by atoms with Crippen LogP contribution in [0.15, 0.2) is 60.9 Å². The molecule has 4 rings (SSSR count). The number of carboxylic acids is 1. The van der Waals surface area contributed by atoms with Crippen LogP contribution >= 0.6 is 11.3 Å². The number of para-hydroxylation sites is 1. The van der Waals surface area contributed by atoms with E-state index in [4.69, 9.17) is 4.74 Å². The molecular formula is C22H22N4O3S. The van der Waals surface area contributed by atoms with Gasteiger partial charge < -0.3 is 14.8 Å². The van der Waals surface area contributed by atoms with E-state index in [0.29, 0.717) is 24.0 Å². The molecule has 2 N–H and O–H groups in total. The first kappa shape index (κ1) is 20.1. The average Bonchev–Trinajstić information content (AvgIpc) is 3.40. The molecule has 0 saturated heterocycles. The topological polar surface area (TPSA) is 91.3 Å². The Bertz CT molecular complexity index is 1080. The lowest BCUT2D eigenvalue weighted by Crippen LogP contribution is -2.41. The van der Waals surface area contributed by atoms with Gasteiger partial charge in [0.2, 0.25) is 0 Å². The summed E-state index contributed by atoms with van der Waals surface area (Å²) in [7, 11) is 1.83. The third-order valence-electron chi connectivity index (χ3n) is 4.91. The summed E-state index contributed by atoms with van der Waals surface area (Å²) in [4.78, 5) is 25.1. The van der Waals surface area contributed by atoms with Crippen molar-refractivity contribution in [2.24, 2.45) is 0 Å². The molecule has 0 bridgehead atoms. The number of nitrogens with one attached hydrogen (secondary N) is 1. The van der Waals surface area contributed by atoms with E-state index in [0.717, 1.165) is 28.0 Å². The summed E-state index contributed by atoms with van der Waals surface area (Å²) in [5, 5.41) is 10.2. The van der Waals surface area contributed by atoms with Gasteiger partial charge in [-0.2, -0.15) is 0 Å². The Kier molecular flexibility index (Phi) is 6.06. The quantitative estimate of drug-likeness (QED) is 0.424. The van der Waals surface area contributed by atoms with Crippen LogP contribution in [0.25, 0.3) is 10.2 Å². The van der Waals surface area contributed by atoms with Crippen molar-refractivity contribution in [3.8, 4) is 10.9 Å². The molecule has 0 aliphatic carbocycles. The van der Waals surface area contributed by atoms with Crippen LogP contribution in [-0.2, 0) is 17.6 Å². The standard InChI is InChI=1S/C22H22N4O3S/c1-26(18(21(27)28)14-20-23-11-12-24-20)13-10-15-6-8-16(9-7-15)29-22-25-17-4-2-3-5-19(17)30-22/h2-9,11-12,18H,10,13-14H2,1H3,(H,23,24)(H,27,28)/t18-/m0/s1. The maximum atomic E-state index is 11.7. The zero-order chi connectivity index (χ0) is 20.9. The fourth-order valence-corrected chi connectivity index (χ4v) is 4.04. The van der Waals surface area contributed by atoms with Crippen LogP contribution < -0.4 is 4.74 Å². The Morgan fingerprint density at radius 3 is 2.73 bits per heavy atom. The Morgan fingerprint density at radius 2 is 2.03 bits per heavy atom. The monoisotopic (exact) mass is 422 g/mol.